The van der Waals surface area contributed by atoms with Gasteiger partial charge in [0.2, 0.25) is 10.0 Å². The SMILES string of the molecule is CN(CC(C)(CCN1CCC(NCC=CC(=O)OCc2ccccc2)CC1)c1ccccc1)S(=O)(=O)c1ccccc1. The summed E-state index contributed by atoms with van der Waals surface area (Å²) in [6.45, 7) is 6.31. The van der Waals surface area contributed by atoms with Crippen LogP contribution in [0.1, 0.15) is 37.3 Å². The molecule has 0 amide bonds. The molecule has 1 N–H and O–H groups in total. The molecule has 0 bridgehead atoms. The predicted molar refractivity (Wildman–Crippen MR) is 168 cm³/mol. The van der Waals surface area contributed by atoms with Crippen LogP contribution >= 0.6 is 0 Å². The number of likely N-dealkylation sites (tertiary alicyclic amines) is 1. The molecule has 1 saturated heterocycles. The van der Waals surface area contributed by atoms with E-state index >= 15 is 0 Å². The third-order valence-corrected chi connectivity index (χ3v) is 9.88. The molecule has 1 atom stereocenters. The lowest BCUT2D eigenvalue weighted by molar-refractivity contribution is -0.139. The maximum atomic E-state index is 13.3. The van der Waals surface area contributed by atoms with Crippen molar-refractivity contribution in [3.8, 4) is 0 Å². The van der Waals surface area contributed by atoms with E-state index in [1.165, 1.54) is 10.4 Å². The molecule has 42 heavy (non-hydrogen) atoms. The predicted octanol–water partition coefficient (Wildman–Crippen LogP) is 5.01. The molecule has 3 aromatic carbocycles. The van der Waals surface area contributed by atoms with E-state index in [1.54, 1.807) is 31.3 Å². The third kappa shape index (κ3) is 9.10. The van der Waals surface area contributed by atoms with Crippen LogP contribution in [0.25, 0.3) is 0 Å². The number of carbonyl (C=O) groups excluding carboxylic acids is 1. The molecule has 1 aliphatic heterocycles. The number of sulfonamides is 1. The van der Waals surface area contributed by atoms with Crippen LogP contribution in [0.15, 0.2) is 108 Å². The standard InChI is InChI=1S/C34H43N3O4S/c1-34(30-15-8-4-9-16-30,28-36(2)42(39,40)32-17-10-5-11-18-32)22-26-37-24-20-31(21-25-37)35-23-12-19-33(38)41-27-29-13-6-3-7-14-29/h3-19,31,35H,20-28H2,1-2H3. The molecule has 4 rings (SSSR count). The summed E-state index contributed by atoms with van der Waals surface area (Å²) in [7, 11) is -1.91. The van der Waals surface area contributed by atoms with Gasteiger partial charge in [-0.05, 0) is 62.2 Å². The van der Waals surface area contributed by atoms with Crippen molar-refractivity contribution in [3.05, 3.63) is 114 Å². The number of hydrogen-bond donors (Lipinski definition) is 1. The summed E-state index contributed by atoms with van der Waals surface area (Å²) in [5, 5.41) is 3.53. The van der Waals surface area contributed by atoms with Gasteiger partial charge in [0, 0.05) is 37.7 Å². The molecule has 3 aromatic rings. The summed E-state index contributed by atoms with van der Waals surface area (Å²) in [5.41, 5.74) is 1.77. The zero-order chi connectivity index (χ0) is 29.8. The highest BCUT2D eigenvalue weighted by Gasteiger charge is 2.33. The first-order valence-corrected chi connectivity index (χ1v) is 16.1. The van der Waals surface area contributed by atoms with Crippen molar-refractivity contribution in [2.45, 2.75) is 49.1 Å². The van der Waals surface area contributed by atoms with Gasteiger partial charge in [-0.3, -0.25) is 0 Å². The van der Waals surface area contributed by atoms with Crippen molar-refractivity contribution in [3.63, 3.8) is 0 Å². The number of carbonyl (C=O) groups is 1. The summed E-state index contributed by atoms with van der Waals surface area (Å²) in [6.07, 6.45) is 6.21. The average molecular weight is 590 g/mol. The van der Waals surface area contributed by atoms with Crippen LogP contribution in [0.2, 0.25) is 0 Å². The molecular formula is C34H43N3O4S. The van der Waals surface area contributed by atoms with Crippen molar-refractivity contribution in [2.24, 2.45) is 0 Å². The topological polar surface area (TPSA) is 79.0 Å². The monoisotopic (exact) mass is 589 g/mol. The lowest BCUT2D eigenvalue weighted by Gasteiger charge is -2.38. The number of ether oxygens (including phenoxy) is 1. The maximum Gasteiger partial charge on any atom is 0.330 e. The summed E-state index contributed by atoms with van der Waals surface area (Å²) in [4.78, 5) is 14.8. The van der Waals surface area contributed by atoms with Gasteiger partial charge < -0.3 is 15.0 Å². The lowest BCUT2D eigenvalue weighted by Crippen LogP contribution is -2.45. The molecule has 1 unspecified atom stereocenters. The van der Waals surface area contributed by atoms with Crippen LogP contribution in [0.4, 0.5) is 0 Å². The molecule has 0 radical (unpaired) electrons. The smallest absolute Gasteiger partial charge is 0.330 e. The lowest BCUT2D eigenvalue weighted by atomic mass is 9.79. The Kier molecular flexibility index (Phi) is 11.5. The highest BCUT2D eigenvalue weighted by molar-refractivity contribution is 7.89. The van der Waals surface area contributed by atoms with Crippen LogP contribution < -0.4 is 5.32 Å². The molecule has 7 nitrogen and oxygen atoms in total. The molecule has 0 aromatic heterocycles. The van der Waals surface area contributed by atoms with E-state index in [1.807, 2.05) is 60.7 Å². The number of benzene rings is 3. The fourth-order valence-electron chi connectivity index (χ4n) is 5.44. The van der Waals surface area contributed by atoms with E-state index in [2.05, 4.69) is 29.3 Å². The zero-order valence-electron chi connectivity index (χ0n) is 24.7. The summed E-state index contributed by atoms with van der Waals surface area (Å²) < 4.78 is 33.4. The number of likely N-dealkylation sites (N-methyl/N-ethyl adjacent to an activating group) is 1. The van der Waals surface area contributed by atoms with E-state index < -0.39 is 10.0 Å². The van der Waals surface area contributed by atoms with Crippen molar-refractivity contribution < 1.29 is 17.9 Å². The minimum Gasteiger partial charge on any atom is -0.458 e. The van der Waals surface area contributed by atoms with Crippen LogP contribution in [0, 0.1) is 0 Å². The van der Waals surface area contributed by atoms with E-state index in [4.69, 9.17) is 4.74 Å². The average Bonchev–Trinajstić information content (AvgIpc) is 3.03. The van der Waals surface area contributed by atoms with Gasteiger partial charge in [0.05, 0.1) is 4.90 Å². The first kappa shape index (κ1) is 31.6. The van der Waals surface area contributed by atoms with Crippen LogP contribution in [-0.2, 0) is 31.6 Å². The number of esters is 1. The number of nitrogens with one attached hydrogen (secondary N) is 1. The Morgan fingerprint density at radius 1 is 0.976 bits per heavy atom. The molecule has 1 heterocycles. The fraction of sp³-hybridized carbons (Fsp3) is 0.382. The van der Waals surface area contributed by atoms with E-state index in [9.17, 15) is 13.2 Å². The molecule has 0 spiro atoms. The van der Waals surface area contributed by atoms with E-state index in [0.29, 0.717) is 24.0 Å². The number of piperidine rings is 1. The molecule has 224 valence electrons. The number of hydrogen-bond acceptors (Lipinski definition) is 6. The van der Waals surface area contributed by atoms with Gasteiger partial charge in [-0.25, -0.2) is 17.5 Å². The Balaban J connectivity index is 1.24. The molecule has 0 saturated carbocycles. The van der Waals surface area contributed by atoms with Gasteiger partial charge in [0.25, 0.3) is 0 Å². The van der Waals surface area contributed by atoms with Crippen molar-refractivity contribution in [1.82, 2.24) is 14.5 Å². The molecular weight excluding hydrogens is 546 g/mol. The van der Waals surface area contributed by atoms with Gasteiger partial charge in [0.15, 0.2) is 0 Å². The van der Waals surface area contributed by atoms with Gasteiger partial charge in [-0.1, -0.05) is 91.9 Å². The summed E-state index contributed by atoms with van der Waals surface area (Å²) >= 11 is 0. The Labute approximate surface area is 251 Å². The normalized spacial score (nSPS) is 16.5. The van der Waals surface area contributed by atoms with Crippen molar-refractivity contribution >= 4 is 16.0 Å². The number of rotatable bonds is 14. The Morgan fingerprint density at radius 2 is 1.57 bits per heavy atom. The quantitative estimate of drug-likeness (QED) is 0.211. The molecule has 8 heteroatoms. The Hall–Kier alpha value is -3.30. The Bertz CT molecular complexity index is 1380. The third-order valence-electron chi connectivity index (χ3n) is 8.06. The maximum absolute atomic E-state index is 13.3. The van der Waals surface area contributed by atoms with Crippen molar-refractivity contribution in [2.75, 3.05) is 39.8 Å². The highest BCUT2D eigenvalue weighted by Crippen LogP contribution is 2.31. The highest BCUT2D eigenvalue weighted by atomic mass is 32.2. The molecule has 1 fully saturated rings. The second kappa shape index (κ2) is 15.3. The van der Waals surface area contributed by atoms with Crippen molar-refractivity contribution in [1.29, 1.82) is 0 Å². The number of nitrogens with zero attached hydrogens (tertiary/aromatic N) is 2. The second-order valence-corrected chi connectivity index (χ2v) is 13.3. The van der Waals surface area contributed by atoms with E-state index in [0.717, 1.165) is 50.0 Å². The largest absolute Gasteiger partial charge is 0.458 e. The van der Waals surface area contributed by atoms with Gasteiger partial charge in [0.1, 0.15) is 6.61 Å². The van der Waals surface area contributed by atoms with Gasteiger partial charge in [-0.2, -0.15) is 0 Å². The summed E-state index contributed by atoms with van der Waals surface area (Å²) in [6, 6.07) is 28.9. The van der Waals surface area contributed by atoms with E-state index in [-0.39, 0.29) is 18.0 Å². The molecule has 0 aliphatic carbocycles. The fourth-order valence-corrected chi connectivity index (χ4v) is 6.75. The van der Waals surface area contributed by atoms with Crippen LogP contribution in [-0.4, -0.2) is 69.4 Å². The minimum atomic E-state index is -3.59. The minimum absolute atomic E-state index is 0.276. The molecule has 1 aliphatic rings. The summed E-state index contributed by atoms with van der Waals surface area (Å²) in [5.74, 6) is -0.334. The first-order valence-electron chi connectivity index (χ1n) is 14.7. The van der Waals surface area contributed by atoms with Crippen LogP contribution in [0.3, 0.4) is 0 Å². The zero-order valence-corrected chi connectivity index (χ0v) is 25.5. The van der Waals surface area contributed by atoms with Crippen LogP contribution in [0.5, 0.6) is 0 Å². The second-order valence-electron chi connectivity index (χ2n) is 11.3. The first-order chi connectivity index (χ1) is 20.3. The van der Waals surface area contributed by atoms with Gasteiger partial charge in [-0.15, -0.1) is 0 Å². The van der Waals surface area contributed by atoms with Gasteiger partial charge >= 0.3 is 5.97 Å². The Morgan fingerprint density at radius 3 is 2.21 bits per heavy atom.